The van der Waals surface area contributed by atoms with Gasteiger partial charge in [-0.1, -0.05) is 30.0 Å². The first-order chi connectivity index (χ1) is 13.1. The number of amides is 2. The van der Waals surface area contributed by atoms with Crippen LogP contribution in [0.1, 0.15) is 6.42 Å². The van der Waals surface area contributed by atoms with Gasteiger partial charge in [-0.2, -0.15) is 0 Å². The van der Waals surface area contributed by atoms with Gasteiger partial charge >= 0.3 is 0 Å². The number of hydrogen-bond acceptors (Lipinski definition) is 5. The van der Waals surface area contributed by atoms with Crippen LogP contribution in [0.3, 0.4) is 0 Å². The Hall–Kier alpha value is -2.71. The number of nitrogens with zero attached hydrogens (tertiary/aromatic N) is 2. The van der Waals surface area contributed by atoms with Crippen molar-refractivity contribution in [2.24, 2.45) is 4.99 Å². The summed E-state index contributed by atoms with van der Waals surface area (Å²) in [7, 11) is 0. The van der Waals surface area contributed by atoms with Crippen LogP contribution in [-0.2, 0) is 9.59 Å². The van der Waals surface area contributed by atoms with Crippen LogP contribution in [0.2, 0.25) is 0 Å². The molecule has 27 heavy (non-hydrogen) atoms. The lowest BCUT2D eigenvalue weighted by Crippen LogP contribution is -2.35. The van der Waals surface area contributed by atoms with Gasteiger partial charge in [0, 0.05) is 12.1 Å². The summed E-state index contributed by atoms with van der Waals surface area (Å²) in [4.78, 5) is 30.7. The van der Waals surface area contributed by atoms with Crippen LogP contribution in [0.25, 0.3) is 0 Å². The molecule has 1 fully saturated rings. The van der Waals surface area contributed by atoms with Crippen LogP contribution in [0.15, 0.2) is 59.6 Å². The summed E-state index contributed by atoms with van der Waals surface area (Å²) >= 11 is 1.20. The Morgan fingerprint density at radius 1 is 1.19 bits per heavy atom. The summed E-state index contributed by atoms with van der Waals surface area (Å²) in [5.74, 6) is -1.01. The molecule has 2 aromatic carbocycles. The van der Waals surface area contributed by atoms with Crippen molar-refractivity contribution in [1.29, 1.82) is 0 Å². The molecule has 8 heteroatoms. The molecule has 1 atom stereocenters. The summed E-state index contributed by atoms with van der Waals surface area (Å²) in [5.41, 5.74) is 1.15. The number of carbonyl (C=O) groups is 2. The Kier molecular flexibility index (Phi) is 6.20. The van der Waals surface area contributed by atoms with E-state index in [9.17, 15) is 19.1 Å². The number of rotatable bonds is 6. The highest BCUT2D eigenvalue weighted by Crippen LogP contribution is 2.31. The molecule has 0 spiro atoms. The molecule has 140 valence electrons. The molecule has 0 saturated carbocycles. The Labute approximate surface area is 160 Å². The minimum atomic E-state index is -0.625. The zero-order valence-electron chi connectivity index (χ0n) is 14.3. The molecule has 6 nitrogen and oxygen atoms in total. The van der Waals surface area contributed by atoms with E-state index in [0.29, 0.717) is 16.5 Å². The lowest BCUT2D eigenvalue weighted by Gasteiger charge is -2.14. The number of carbonyl (C=O) groups excluding carboxylic acids is 2. The number of amidine groups is 1. The highest BCUT2D eigenvalue weighted by molar-refractivity contribution is 8.15. The molecule has 1 aliphatic heterocycles. The largest absolute Gasteiger partial charge is 0.395 e. The van der Waals surface area contributed by atoms with Crippen molar-refractivity contribution in [3.63, 3.8) is 0 Å². The second kappa shape index (κ2) is 8.79. The van der Waals surface area contributed by atoms with Crippen LogP contribution in [0.5, 0.6) is 0 Å². The normalized spacial score (nSPS) is 18.1. The molecule has 1 aliphatic rings. The third-order valence-corrected chi connectivity index (χ3v) is 5.00. The van der Waals surface area contributed by atoms with Gasteiger partial charge in [-0.15, -0.1) is 0 Å². The van der Waals surface area contributed by atoms with E-state index in [1.54, 1.807) is 0 Å². The molecule has 0 radical (unpaired) electrons. The number of halogens is 1. The Bertz CT molecular complexity index is 843. The summed E-state index contributed by atoms with van der Waals surface area (Å²) in [6.07, 6.45) is -0.0450. The lowest BCUT2D eigenvalue weighted by atomic mass is 10.2. The van der Waals surface area contributed by atoms with Crippen molar-refractivity contribution in [2.75, 3.05) is 18.5 Å². The zero-order chi connectivity index (χ0) is 19.2. The highest BCUT2D eigenvalue weighted by Gasteiger charge is 2.38. The van der Waals surface area contributed by atoms with E-state index in [4.69, 9.17) is 0 Å². The van der Waals surface area contributed by atoms with Gasteiger partial charge in [0.1, 0.15) is 11.1 Å². The van der Waals surface area contributed by atoms with Crippen LogP contribution >= 0.6 is 11.8 Å². The Morgan fingerprint density at radius 3 is 2.56 bits per heavy atom. The van der Waals surface area contributed by atoms with Crippen LogP contribution in [0.4, 0.5) is 15.8 Å². The number of aliphatic imine (C=N–C) groups is 1. The number of aliphatic hydroxyl groups is 1. The number of anilines is 1. The number of aliphatic hydroxyl groups excluding tert-OH is 1. The fraction of sp³-hybridized carbons (Fsp3) is 0.211. The fourth-order valence-electron chi connectivity index (χ4n) is 2.56. The minimum Gasteiger partial charge on any atom is -0.395 e. The average Bonchev–Trinajstić information content (AvgIpc) is 2.93. The Balaban J connectivity index is 1.70. The molecule has 3 rings (SSSR count). The van der Waals surface area contributed by atoms with E-state index in [2.05, 4.69) is 10.3 Å². The fourth-order valence-corrected chi connectivity index (χ4v) is 3.74. The summed E-state index contributed by atoms with van der Waals surface area (Å²) in [6.45, 7) is -0.0812. The van der Waals surface area contributed by atoms with Crippen molar-refractivity contribution in [1.82, 2.24) is 4.90 Å². The number of thioether (sulfide) groups is 1. The maximum atomic E-state index is 12.9. The quantitative estimate of drug-likeness (QED) is 0.799. The van der Waals surface area contributed by atoms with Crippen molar-refractivity contribution in [2.45, 2.75) is 11.7 Å². The third kappa shape index (κ3) is 4.93. The van der Waals surface area contributed by atoms with E-state index in [1.165, 1.54) is 40.9 Å². The molecule has 2 N–H and O–H groups in total. The first-order valence-corrected chi connectivity index (χ1v) is 9.23. The van der Waals surface area contributed by atoms with Crippen LogP contribution in [-0.4, -0.2) is 45.4 Å². The minimum absolute atomic E-state index is 0.0450. The Morgan fingerprint density at radius 2 is 1.89 bits per heavy atom. The summed E-state index contributed by atoms with van der Waals surface area (Å²) in [5, 5.41) is 11.7. The molecule has 0 aromatic heterocycles. The topological polar surface area (TPSA) is 82.0 Å². The summed E-state index contributed by atoms with van der Waals surface area (Å²) < 4.78 is 12.9. The van der Waals surface area contributed by atoms with Crippen LogP contribution in [0, 0.1) is 5.82 Å². The second-order valence-corrected chi connectivity index (χ2v) is 6.98. The predicted molar refractivity (Wildman–Crippen MR) is 103 cm³/mol. The molecule has 0 bridgehead atoms. The van der Waals surface area contributed by atoms with Gasteiger partial charge in [-0.05, 0) is 36.4 Å². The molecule has 2 amide bonds. The molecular formula is C19H18FN3O3S. The molecule has 0 aliphatic carbocycles. The van der Waals surface area contributed by atoms with Gasteiger partial charge in [0.15, 0.2) is 5.17 Å². The number of benzene rings is 2. The first-order valence-electron chi connectivity index (χ1n) is 8.35. The van der Waals surface area contributed by atoms with Crippen molar-refractivity contribution >= 4 is 40.1 Å². The molecule has 1 unspecified atom stereocenters. The van der Waals surface area contributed by atoms with Crippen LogP contribution < -0.4 is 5.32 Å². The van der Waals surface area contributed by atoms with E-state index < -0.39 is 11.1 Å². The SMILES string of the molecule is O=C(CC1SC(=Nc2ccccc2)N(CCO)C1=O)Nc1ccc(F)cc1. The number of β-amino-alcohol motifs (C(OH)–C–C–N with tert-alkyl or cyclic N) is 1. The van der Waals surface area contributed by atoms with Crippen molar-refractivity contribution in [3.05, 3.63) is 60.4 Å². The molecule has 1 saturated heterocycles. The smallest absolute Gasteiger partial charge is 0.242 e. The van der Waals surface area contributed by atoms with Gasteiger partial charge in [-0.25, -0.2) is 9.38 Å². The van der Waals surface area contributed by atoms with Crippen molar-refractivity contribution in [3.8, 4) is 0 Å². The third-order valence-electron chi connectivity index (χ3n) is 3.82. The molecule has 2 aromatic rings. The monoisotopic (exact) mass is 387 g/mol. The first kappa shape index (κ1) is 19.1. The molecule has 1 heterocycles. The number of para-hydroxylation sites is 1. The standard InChI is InChI=1S/C19H18FN3O3S/c20-13-6-8-15(9-7-13)21-17(25)12-16-18(26)23(10-11-24)19(27-16)22-14-4-2-1-3-5-14/h1-9,16,24H,10-12H2,(H,21,25). The maximum Gasteiger partial charge on any atom is 0.242 e. The van der Waals surface area contributed by atoms with E-state index >= 15 is 0 Å². The second-order valence-electron chi connectivity index (χ2n) is 5.81. The average molecular weight is 387 g/mol. The van der Waals surface area contributed by atoms with E-state index in [-0.39, 0.29) is 31.4 Å². The maximum absolute atomic E-state index is 12.9. The summed E-state index contributed by atoms with van der Waals surface area (Å²) in [6, 6.07) is 14.6. The van der Waals surface area contributed by atoms with Gasteiger partial charge in [0.25, 0.3) is 0 Å². The zero-order valence-corrected chi connectivity index (χ0v) is 15.2. The predicted octanol–water partition coefficient (Wildman–Crippen LogP) is 2.78. The lowest BCUT2D eigenvalue weighted by molar-refractivity contribution is -0.128. The van der Waals surface area contributed by atoms with Gasteiger partial charge in [0.2, 0.25) is 11.8 Å². The molecular weight excluding hydrogens is 369 g/mol. The van der Waals surface area contributed by atoms with Gasteiger partial charge in [0.05, 0.1) is 18.8 Å². The number of hydrogen-bond donors (Lipinski definition) is 2. The van der Waals surface area contributed by atoms with E-state index in [0.717, 1.165) is 0 Å². The number of nitrogens with one attached hydrogen (secondary N) is 1. The van der Waals surface area contributed by atoms with Gasteiger partial charge < -0.3 is 10.4 Å². The van der Waals surface area contributed by atoms with Crippen molar-refractivity contribution < 1.29 is 19.1 Å². The van der Waals surface area contributed by atoms with Gasteiger partial charge in [-0.3, -0.25) is 14.5 Å². The van der Waals surface area contributed by atoms with E-state index in [1.807, 2.05) is 30.3 Å². The highest BCUT2D eigenvalue weighted by atomic mass is 32.2.